The zero-order chi connectivity index (χ0) is 19.6. The Morgan fingerprint density at radius 3 is 2.22 bits per heavy atom. The van der Waals surface area contributed by atoms with Crippen molar-refractivity contribution in [3.8, 4) is 5.75 Å². The topological polar surface area (TPSA) is 55.4 Å². The number of carbonyl (C=O) groups is 2. The molecule has 4 heteroatoms. The number of hydrogen-bond acceptors (Lipinski definition) is 3. The number of aryl methyl sites for hydroxylation is 2. The Hall–Kier alpha value is -2.62. The number of rotatable bonds is 5. The second-order valence-corrected chi connectivity index (χ2v) is 7.58. The molecular weight excluding hydrogens is 338 g/mol. The quantitative estimate of drug-likeness (QED) is 0.791. The lowest BCUT2D eigenvalue weighted by Gasteiger charge is -2.29. The predicted molar refractivity (Wildman–Crippen MR) is 107 cm³/mol. The van der Waals surface area contributed by atoms with Crippen LogP contribution in [0.15, 0.2) is 36.4 Å². The second kappa shape index (κ2) is 7.55. The summed E-state index contributed by atoms with van der Waals surface area (Å²) in [5, 5.41) is 3.09. The van der Waals surface area contributed by atoms with Crippen molar-refractivity contribution >= 4 is 11.7 Å². The highest BCUT2D eigenvalue weighted by molar-refractivity contribution is 6.08. The van der Waals surface area contributed by atoms with Crippen LogP contribution in [0.3, 0.4) is 0 Å². The highest BCUT2D eigenvalue weighted by Crippen LogP contribution is 2.34. The van der Waals surface area contributed by atoms with Crippen molar-refractivity contribution in [1.82, 2.24) is 5.32 Å². The lowest BCUT2D eigenvalue weighted by Crippen LogP contribution is -2.52. The Labute approximate surface area is 160 Å². The molecule has 1 aliphatic carbocycles. The van der Waals surface area contributed by atoms with Crippen LogP contribution in [0, 0.1) is 20.8 Å². The Kier molecular flexibility index (Phi) is 5.36. The van der Waals surface area contributed by atoms with Crippen LogP contribution in [0.1, 0.15) is 63.1 Å². The van der Waals surface area contributed by atoms with Gasteiger partial charge in [-0.25, -0.2) is 0 Å². The number of benzene rings is 2. The van der Waals surface area contributed by atoms with Gasteiger partial charge in [0.2, 0.25) is 0 Å². The van der Waals surface area contributed by atoms with Crippen molar-refractivity contribution in [2.45, 2.75) is 52.0 Å². The summed E-state index contributed by atoms with van der Waals surface area (Å²) in [5.74, 6) is 0.468. The van der Waals surface area contributed by atoms with Gasteiger partial charge in [0.25, 0.3) is 5.91 Å². The zero-order valence-corrected chi connectivity index (χ0v) is 16.5. The van der Waals surface area contributed by atoms with Crippen molar-refractivity contribution in [3.63, 3.8) is 0 Å². The zero-order valence-electron chi connectivity index (χ0n) is 16.5. The van der Waals surface area contributed by atoms with E-state index in [0.717, 1.165) is 29.5 Å². The van der Waals surface area contributed by atoms with Gasteiger partial charge in [-0.1, -0.05) is 36.1 Å². The smallest absolute Gasteiger partial charge is 0.252 e. The molecule has 0 spiro atoms. The summed E-state index contributed by atoms with van der Waals surface area (Å²) < 4.78 is 5.33. The summed E-state index contributed by atoms with van der Waals surface area (Å²) in [6.45, 7) is 5.84. The van der Waals surface area contributed by atoms with E-state index in [4.69, 9.17) is 4.74 Å². The van der Waals surface area contributed by atoms with Gasteiger partial charge >= 0.3 is 0 Å². The monoisotopic (exact) mass is 365 g/mol. The van der Waals surface area contributed by atoms with Crippen molar-refractivity contribution in [2.24, 2.45) is 0 Å². The van der Waals surface area contributed by atoms with Gasteiger partial charge < -0.3 is 10.1 Å². The molecule has 0 bridgehead atoms. The average Bonchev–Trinajstić information content (AvgIpc) is 3.10. The van der Waals surface area contributed by atoms with E-state index in [9.17, 15) is 9.59 Å². The number of methoxy groups -OCH3 is 1. The maximum atomic E-state index is 13.4. The molecule has 0 saturated heterocycles. The minimum atomic E-state index is -0.827. The molecule has 0 unspecified atom stereocenters. The Morgan fingerprint density at radius 2 is 1.63 bits per heavy atom. The molecule has 2 aromatic rings. The van der Waals surface area contributed by atoms with Crippen LogP contribution in [0.5, 0.6) is 5.75 Å². The summed E-state index contributed by atoms with van der Waals surface area (Å²) >= 11 is 0. The molecule has 0 aromatic heterocycles. The van der Waals surface area contributed by atoms with Gasteiger partial charge in [-0.3, -0.25) is 9.59 Å². The number of carbonyl (C=O) groups excluding carboxylic acids is 2. The molecule has 27 heavy (non-hydrogen) atoms. The first-order valence-corrected chi connectivity index (χ1v) is 9.45. The Morgan fingerprint density at radius 1 is 1.00 bits per heavy atom. The molecule has 0 heterocycles. The largest absolute Gasteiger partial charge is 0.496 e. The van der Waals surface area contributed by atoms with Crippen LogP contribution in [-0.4, -0.2) is 24.3 Å². The van der Waals surface area contributed by atoms with Crippen molar-refractivity contribution in [1.29, 1.82) is 0 Å². The molecule has 1 amide bonds. The molecule has 4 nitrogen and oxygen atoms in total. The molecule has 0 radical (unpaired) electrons. The molecule has 0 aliphatic heterocycles. The van der Waals surface area contributed by atoms with Crippen LogP contribution < -0.4 is 10.1 Å². The first-order valence-electron chi connectivity index (χ1n) is 9.45. The standard InChI is InChI=1S/C23H27NO3/c1-15-12-16(2)14-18(13-15)21(25)23(10-5-6-11-23)24-22(26)19-8-7-9-20(27-4)17(19)3/h7-9,12-14H,5-6,10-11H2,1-4H3,(H,24,26). The summed E-state index contributed by atoms with van der Waals surface area (Å²) in [5.41, 5.74) is 3.30. The maximum Gasteiger partial charge on any atom is 0.252 e. The van der Waals surface area contributed by atoms with Gasteiger partial charge in [-0.05, 0) is 57.9 Å². The Bertz CT molecular complexity index is 859. The summed E-state index contributed by atoms with van der Waals surface area (Å²) in [6, 6.07) is 11.3. The van der Waals surface area contributed by atoms with Crippen molar-refractivity contribution in [2.75, 3.05) is 7.11 Å². The second-order valence-electron chi connectivity index (χ2n) is 7.58. The molecule has 3 rings (SSSR count). The van der Waals surface area contributed by atoms with Gasteiger partial charge in [0.1, 0.15) is 11.3 Å². The number of ketones is 1. The average molecular weight is 365 g/mol. The molecule has 1 aliphatic rings. The van der Waals surface area contributed by atoms with Crippen LogP contribution in [0.4, 0.5) is 0 Å². The van der Waals surface area contributed by atoms with E-state index in [1.807, 2.05) is 39.0 Å². The van der Waals surface area contributed by atoms with Gasteiger partial charge in [0.15, 0.2) is 5.78 Å². The van der Waals surface area contributed by atoms with Crippen molar-refractivity contribution < 1.29 is 14.3 Å². The molecule has 1 fully saturated rings. The molecular formula is C23H27NO3. The van der Waals surface area contributed by atoms with E-state index in [0.29, 0.717) is 29.7 Å². The van der Waals surface area contributed by atoms with Gasteiger partial charge in [-0.15, -0.1) is 0 Å². The molecule has 142 valence electrons. The van der Waals surface area contributed by atoms with E-state index in [1.165, 1.54) is 0 Å². The highest BCUT2D eigenvalue weighted by atomic mass is 16.5. The van der Waals surface area contributed by atoms with Crippen molar-refractivity contribution in [3.05, 3.63) is 64.2 Å². The van der Waals surface area contributed by atoms with E-state index in [-0.39, 0.29) is 11.7 Å². The Balaban J connectivity index is 1.93. The fraction of sp³-hybridized carbons (Fsp3) is 0.391. The molecule has 2 aromatic carbocycles. The highest BCUT2D eigenvalue weighted by Gasteiger charge is 2.43. The normalized spacial score (nSPS) is 15.4. The first-order chi connectivity index (χ1) is 12.9. The molecule has 0 atom stereocenters. The fourth-order valence-electron chi connectivity index (χ4n) is 4.14. The molecule has 1 N–H and O–H groups in total. The number of Topliss-reactive ketones (excluding diaryl/α,β-unsaturated/α-hetero) is 1. The number of amides is 1. The number of hydrogen-bond donors (Lipinski definition) is 1. The van der Waals surface area contributed by atoms with E-state index in [1.54, 1.807) is 19.2 Å². The summed E-state index contributed by atoms with van der Waals surface area (Å²) in [7, 11) is 1.59. The summed E-state index contributed by atoms with van der Waals surface area (Å²) in [6.07, 6.45) is 3.23. The lowest BCUT2D eigenvalue weighted by molar-refractivity contribution is 0.0769. The predicted octanol–water partition coefficient (Wildman–Crippen LogP) is 4.55. The van der Waals surface area contributed by atoms with Crippen LogP contribution in [0.25, 0.3) is 0 Å². The van der Waals surface area contributed by atoms with Crippen LogP contribution in [0.2, 0.25) is 0 Å². The van der Waals surface area contributed by atoms with Crippen LogP contribution >= 0.6 is 0 Å². The van der Waals surface area contributed by atoms with Gasteiger partial charge in [0.05, 0.1) is 7.11 Å². The fourth-order valence-corrected chi connectivity index (χ4v) is 4.14. The third kappa shape index (κ3) is 3.75. The third-order valence-corrected chi connectivity index (χ3v) is 5.48. The lowest BCUT2D eigenvalue weighted by atomic mass is 9.86. The minimum absolute atomic E-state index is 0.0145. The number of nitrogens with one attached hydrogen (secondary N) is 1. The van der Waals surface area contributed by atoms with E-state index < -0.39 is 5.54 Å². The minimum Gasteiger partial charge on any atom is -0.496 e. The molecule has 1 saturated carbocycles. The summed E-state index contributed by atoms with van der Waals surface area (Å²) in [4.78, 5) is 26.5. The van der Waals surface area contributed by atoms with E-state index in [2.05, 4.69) is 11.4 Å². The number of ether oxygens (including phenoxy) is 1. The van der Waals surface area contributed by atoms with E-state index >= 15 is 0 Å². The maximum absolute atomic E-state index is 13.4. The van der Waals surface area contributed by atoms with Gasteiger partial charge in [-0.2, -0.15) is 0 Å². The first kappa shape index (κ1) is 19.2. The SMILES string of the molecule is COc1cccc(C(=O)NC2(C(=O)c3cc(C)cc(C)c3)CCCC2)c1C. The van der Waals surface area contributed by atoms with Crippen LogP contribution in [-0.2, 0) is 0 Å². The third-order valence-electron chi connectivity index (χ3n) is 5.48. The van der Waals surface area contributed by atoms with Gasteiger partial charge in [0, 0.05) is 16.7 Å².